The molecule has 0 heterocycles. The van der Waals surface area contributed by atoms with E-state index in [1.54, 1.807) is 0 Å². The minimum absolute atomic E-state index is 0.499. The molecule has 2 rings (SSSR count). The molecule has 0 spiro atoms. The second-order valence-corrected chi connectivity index (χ2v) is 6.78. The van der Waals surface area contributed by atoms with Gasteiger partial charge < -0.3 is 5.32 Å². The Kier molecular flexibility index (Phi) is 6.09. The monoisotopic (exact) mass is 273 g/mol. The van der Waals surface area contributed by atoms with Crippen LogP contribution in [-0.4, -0.2) is 13.6 Å². The zero-order valence-corrected chi connectivity index (χ0v) is 13.3. The standard InChI is InChI=1S/C19H31N/c1-3-4-8-17-11-13-19(14-12-17,16-20-2)15-18-9-6-5-7-10-18/h5-7,9-10,17,20H,3-4,8,11-16H2,1-2H3. The van der Waals surface area contributed by atoms with Gasteiger partial charge in [0.25, 0.3) is 0 Å². The van der Waals surface area contributed by atoms with Crippen molar-refractivity contribution in [2.45, 2.75) is 58.3 Å². The van der Waals surface area contributed by atoms with Crippen LogP contribution < -0.4 is 5.32 Å². The molecule has 0 unspecified atom stereocenters. The molecule has 0 amide bonds. The summed E-state index contributed by atoms with van der Waals surface area (Å²) in [5.41, 5.74) is 2.01. The van der Waals surface area contributed by atoms with Crippen LogP contribution in [0.1, 0.15) is 57.4 Å². The van der Waals surface area contributed by atoms with Crippen molar-refractivity contribution in [1.82, 2.24) is 5.32 Å². The van der Waals surface area contributed by atoms with Gasteiger partial charge in [0.2, 0.25) is 0 Å². The van der Waals surface area contributed by atoms with Crippen LogP contribution in [0.15, 0.2) is 30.3 Å². The smallest absolute Gasteiger partial charge is 0.000800 e. The Labute approximate surface area is 125 Å². The van der Waals surface area contributed by atoms with E-state index in [9.17, 15) is 0 Å². The first-order chi connectivity index (χ1) is 9.78. The van der Waals surface area contributed by atoms with Gasteiger partial charge >= 0.3 is 0 Å². The molecule has 0 aliphatic heterocycles. The zero-order valence-electron chi connectivity index (χ0n) is 13.3. The molecule has 0 saturated heterocycles. The first-order valence-corrected chi connectivity index (χ1v) is 8.46. The first-order valence-electron chi connectivity index (χ1n) is 8.46. The van der Waals surface area contributed by atoms with Gasteiger partial charge in [0.15, 0.2) is 0 Å². The fourth-order valence-corrected chi connectivity index (χ4v) is 3.89. The quantitative estimate of drug-likeness (QED) is 0.751. The topological polar surface area (TPSA) is 12.0 Å². The summed E-state index contributed by atoms with van der Waals surface area (Å²) in [5, 5.41) is 3.46. The minimum atomic E-state index is 0.499. The van der Waals surface area contributed by atoms with Crippen LogP contribution in [0.3, 0.4) is 0 Å². The fourth-order valence-electron chi connectivity index (χ4n) is 3.89. The molecule has 1 aliphatic rings. The summed E-state index contributed by atoms with van der Waals surface area (Å²) in [6.07, 6.45) is 11.1. The van der Waals surface area contributed by atoms with Crippen LogP contribution >= 0.6 is 0 Å². The van der Waals surface area contributed by atoms with Gasteiger partial charge in [-0.2, -0.15) is 0 Å². The van der Waals surface area contributed by atoms with Gasteiger partial charge in [0.05, 0.1) is 0 Å². The highest BCUT2D eigenvalue weighted by molar-refractivity contribution is 5.17. The molecule has 20 heavy (non-hydrogen) atoms. The van der Waals surface area contributed by atoms with E-state index in [1.807, 2.05) is 0 Å². The highest BCUT2D eigenvalue weighted by atomic mass is 14.8. The van der Waals surface area contributed by atoms with Crippen molar-refractivity contribution in [1.29, 1.82) is 0 Å². The van der Waals surface area contributed by atoms with Crippen LogP contribution in [0.25, 0.3) is 0 Å². The molecule has 1 heteroatoms. The van der Waals surface area contributed by atoms with Crippen LogP contribution in [0.4, 0.5) is 0 Å². The second kappa shape index (κ2) is 7.83. The molecule has 1 nitrogen and oxygen atoms in total. The van der Waals surface area contributed by atoms with E-state index in [1.165, 1.54) is 63.5 Å². The van der Waals surface area contributed by atoms with Gasteiger partial charge in [-0.3, -0.25) is 0 Å². The maximum absolute atomic E-state index is 3.46. The molecule has 112 valence electrons. The fraction of sp³-hybridized carbons (Fsp3) is 0.684. The van der Waals surface area contributed by atoms with E-state index < -0.39 is 0 Å². The predicted molar refractivity (Wildman–Crippen MR) is 88.0 cm³/mol. The number of unbranched alkanes of at least 4 members (excludes halogenated alkanes) is 1. The van der Waals surface area contributed by atoms with Crippen molar-refractivity contribution in [2.24, 2.45) is 11.3 Å². The number of nitrogens with one attached hydrogen (secondary N) is 1. The Morgan fingerprint density at radius 3 is 2.45 bits per heavy atom. The molecule has 0 aromatic heterocycles. The molecule has 0 radical (unpaired) electrons. The molecule has 1 aromatic carbocycles. The lowest BCUT2D eigenvalue weighted by Crippen LogP contribution is -2.38. The predicted octanol–water partition coefficient (Wildman–Crippen LogP) is 4.82. The highest BCUT2D eigenvalue weighted by Gasteiger charge is 2.34. The summed E-state index contributed by atoms with van der Waals surface area (Å²) in [6, 6.07) is 11.1. The average molecular weight is 273 g/mol. The number of hydrogen-bond acceptors (Lipinski definition) is 1. The Hall–Kier alpha value is -0.820. The molecule has 0 bridgehead atoms. The molecule has 1 saturated carbocycles. The highest BCUT2D eigenvalue weighted by Crippen LogP contribution is 2.42. The molecule has 1 aromatic rings. The summed E-state index contributed by atoms with van der Waals surface area (Å²) in [6.45, 7) is 3.48. The van der Waals surface area contributed by atoms with E-state index >= 15 is 0 Å². The molecular formula is C19H31N. The number of rotatable bonds is 7. The third-order valence-electron chi connectivity index (χ3n) is 5.11. The third-order valence-corrected chi connectivity index (χ3v) is 5.11. The van der Waals surface area contributed by atoms with Gasteiger partial charge in [0.1, 0.15) is 0 Å². The lowest BCUT2D eigenvalue weighted by Gasteiger charge is -2.40. The van der Waals surface area contributed by atoms with Crippen molar-refractivity contribution in [3.8, 4) is 0 Å². The Balaban J connectivity index is 1.94. The lowest BCUT2D eigenvalue weighted by atomic mass is 9.66. The van der Waals surface area contributed by atoms with Crippen molar-refractivity contribution >= 4 is 0 Å². The Morgan fingerprint density at radius 2 is 1.85 bits per heavy atom. The maximum atomic E-state index is 3.46. The SMILES string of the molecule is CCCCC1CCC(CNC)(Cc2ccccc2)CC1. The van der Waals surface area contributed by atoms with Crippen LogP contribution in [0, 0.1) is 11.3 Å². The van der Waals surface area contributed by atoms with Crippen LogP contribution in [0.2, 0.25) is 0 Å². The van der Waals surface area contributed by atoms with Crippen molar-refractivity contribution in [2.75, 3.05) is 13.6 Å². The van der Waals surface area contributed by atoms with Crippen molar-refractivity contribution < 1.29 is 0 Å². The Bertz CT molecular complexity index is 363. The van der Waals surface area contributed by atoms with Crippen LogP contribution in [-0.2, 0) is 6.42 Å². The molecule has 1 fully saturated rings. The summed E-state index contributed by atoms with van der Waals surface area (Å²) in [5.74, 6) is 0.996. The summed E-state index contributed by atoms with van der Waals surface area (Å²) in [7, 11) is 2.11. The zero-order chi connectivity index (χ0) is 14.3. The van der Waals surface area contributed by atoms with E-state index in [4.69, 9.17) is 0 Å². The summed E-state index contributed by atoms with van der Waals surface area (Å²) >= 11 is 0. The normalized spacial score (nSPS) is 26.6. The third kappa shape index (κ3) is 4.34. The number of benzene rings is 1. The Morgan fingerprint density at radius 1 is 1.15 bits per heavy atom. The molecular weight excluding hydrogens is 242 g/mol. The molecule has 1 N–H and O–H groups in total. The van der Waals surface area contributed by atoms with E-state index in [2.05, 4.69) is 49.6 Å². The minimum Gasteiger partial charge on any atom is -0.319 e. The van der Waals surface area contributed by atoms with E-state index in [-0.39, 0.29) is 0 Å². The van der Waals surface area contributed by atoms with Crippen molar-refractivity contribution in [3.63, 3.8) is 0 Å². The first kappa shape index (κ1) is 15.6. The maximum Gasteiger partial charge on any atom is 0.000800 e. The summed E-state index contributed by atoms with van der Waals surface area (Å²) in [4.78, 5) is 0. The summed E-state index contributed by atoms with van der Waals surface area (Å²) < 4.78 is 0. The number of hydrogen-bond donors (Lipinski definition) is 1. The van der Waals surface area contributed by atoms with Crippen molar-refractivity contribution in [3.05, 3.63) is 35.9 Å². The second-order valence-electron chi connectivity index (χ2n) is 6.78. The van der Waals surface area contributed by atoms with Gasteiger partial charge in [-0.05, 0) is 56.0 Å². The molecule has 0 atom stereocenters. The largest absolute Gasteiger partial charge is 0.319 e. The van der Waals surface area contributed by atoms with Gasteiger partial charge in [-0.25, -0.2) is 0 Å². The molecule has 1 aliphatic carbocycles. The van der Waals surface area contributed by atoms with E-state index in [0.717, 1.165) is 5.92 Å². The lowest BCUT2D eigenvalue weighted by molar-refractivity contribution is 0.141. The van der Waals surface area contributed by atoms with Gasteiger partial charge in [0, 0.05) is 6.54 Å². The van der Waals surface area contributed by atoms with E-state index in [0.29, 0.717) is 5.41 Å². The average Bonchev–Trinajstić information content (AvgIpc) is 2.48. The van der Waals surface area contributed by atoms with Gasteiger partial charge in [-0.15, -0.1) is 0 Å². The van der Waals surface area contributed by atoms with Gasteiger partial charge in [-0.1, -0.05) is 56.5 Å². The van der Waals surface area contributed by atoms with Crippen LogP contribution in [0.5, 0.6) is 0 Å².